The van der Waals surface area contributed by atoms with Crippen molar-refractivity contribution in [2.24, 2.45) is 0 Å². The number of hydrogen-bond acceptors (Lipinski definition) is 3. The molecule has 0 saturated carbocycles. The van der Waals surface area contributed by atoms with E-state index in [4.69, 9.17) is 4.74 Å². The van der Waals surface area contributed by atoms with Crippen LogP contribution in [0.5, 0.6) is 5.75 Å². The van der Waals surface area contributed by atoms with Gasteiger partial charge in [-0.15, -0.1) is 17.9 Å². The van der Waals surface area contributed by atoms with Crippen molar-refractivity contribution in [2.75, 3.05) is 13.7 Å². The largest absolute Gasteiger partial charge is 0.495 e. The maximum atomic E-state index is 11.5. The van der Waals surface area contributed by atoms with Crippen LogP contribution in [0.4, 0.5) is 0 Å². The zero-order valence-corrected chi connectivity index (χ0v) is 8.89. The molecule has 14 heavy (non-hydrogen) atoms. The van der Waals surface area contributed by atoms with Gasteiger partial charge in [0, 0.05) is 6.54 Å². The van der Waals surface area contributed by atoms with Gasteiger partial charge in [0.1, 0.15) is 10.6 Å². The zero-order valence-electron chi connectivity index (χ0n) is 8.08. The monoisotopic (exact) mass is 211 g/mol. The topological polar surface area (TPSA) is 38.3 Å². The van der Waals surface area contributed by atoms with Crippen LogP contribution < -0.4 is 10.1 Å². The summed E-state index contributed by atoms with van der Waals surface area (Å²) in [5.74, 6) is 0.546. The van der Waals surface area contributed by atoms with Crippen LogP contribution in [0.3, 0.4) is 0 Å². The second-order valence-electron chi connectivity index (χ2n) is 2.65. The Kier molecular flexibility index (Phi) is 4.19. The highest BCUT2D eigenvalue weighted by atomic mass is 32.1. The summed E-state index contributed by atoms with van der Waals surface area (Å²) in [4.78, 5) is 12.2. The lowest BCUT2D eigenvalue weighted by atomic mass is 10.3. The quantitative estimate of drug-likeness (QED) is 0.598. The number of carbonyl (C=O) groups excluding carboxylic acids is 1. The molecule has 4 heteroatoms. The van der Waals surface area contributed by atoms with Crippen molar-refractivity contribution in [1.29, 1.82) is 0 Å². The van der Waals surface area contributed by atoms with E-state index in [0.29, 0.717) is 17.2 Å². The van der Waals surface area contributed by atoms with Crippen LogP contribution >= 0.6 is 11.3 Å². The number of amides is 1. The van der Waals surface area contributed by atoms with Crippen LogP contribution in [0.15, 0.2) is 24.1 Å². The molecule has 0 atom stereocenters. The Labute approximate surface area is 87.4 Å². The van der Waals surface area contributed by atoms with Crippen LogP contribution in [-0.2, 0) is 0 Å². The van der Waals surface area contributed by atoms with E-state index in [1.54, 1.807) is 19.3 Å². The Balaban J connectivity index is 2.55. The van der Waals surface area contributed by atoms with Crippen molar-refractivity contribution in [3.05, 3.63) is 29.0 Å². The molecule has 1 amide bonds. The van der Waals surface area contributed by atoms with E-state index in [1.807, 2.05) is 5.38 Å². The third-order valence-electron chi connectivity index (χ3n) is 1.69. The molecule has 0 radical (unpaired) electrons. The Hall–Kier alpha value is -1.29. The summed E-state index contributed by atoms with van der Waals surface area (Å²) in [6.45, 7) is 4.20. The zero-order chi connectivity index (χ0) is 10.4. The van der Waals surface area contributed by atoms with Crippen molar-refractivity contribution in [3.8, 4) is 5.75 Å². The molecular formula is C10H13NO2S. The Morgan fingerprint density at radius 1 is 1.79 bits per heavy atom. The minimum absolute atomic E-state index is 0.0845. The molecule has 3 nitrogen and oxygen atoms in total. The van der Waals surface area contributed by atoms with Crippen molar-refractivity contribution in [3.63, 3.8) is 0 Å². The fourth-order valence-electron chi connectivity index (χ4n) is 0.992. The van der Waals surface area contributed by atoms with Gasteiger partial charge in [0.15, 0.2) is 0 Å². The lowest BCUT2D eigenvalue weighted by Gasteiger charge is -2.03. The molecule has 0 aromatic carbocycles. The number of nitrogens with one attached hydrogen (secondary N) is 1. The van der Waals surface area contributed by atoms with Crippen molar-refractivity contribution in [2.45, 2.75) is 6.42 Å². The number of thiophene rings is 1. The van der Waals surface area contributed by atoms with E-state index in [-0.39, 0.29) is 5.91 Å². The molecule has 0 spiro atoms. The van der Waals surface area contributed by atoms with Crippen LogP contribution in [0.25, 0.3) is 0 Å². The maximum Gasteiger partial charge on any atom is 0.265 e. The summed E-state index contributed by atoms with van der Waals surface area (Å²) in [7, 11) is 1.56. The van der Waals surface area contributed by atoms with Gasteiger partial charge in [0.05, 0.1) is 7.11 Å². The highest BCUT2D eigenvalue weighted by Crippen LogP contribution is 2.23. The second kappa shape index (κ2) is 5.44. The fourth-order valence-corrected chi connectivity index (χ4v) is 1.77. The molecule has 1 rings (SSSR count). The molecule has 0 saturated heterocycles. The molecule has 0 unspecified atom stereocenters. The summed E-state index contributed by atoms with van der Waals surface area (Å²) in [5, 5.41) is 4.62. The molecule has 1 heterocycles. The third-order valence-corrected chi connectivity index (χ3v) is 2.58. The van der Waals surface area contributed by atoms with Gasteiger partial charge >= 0.3 is 0 Å². The predicted octanol–water partition coefficient (Wildman–Crippen LogP) is 2.06. The van der Waals surface area contributed by atoms with E-state index < -0.39 is 0 Å². The molecule has 1 aromatic heterocycles. The van der Waals surface area contributed by atoms with E-state index in [9.17, 15) is 4.79 Å². The van der Waals surface area contributed by atoms with Crippen LogP contribution in [0, 0.1) is 0 Å². The molecule has 0 aliphatic carbocycles. The first-order valence-electron chi connectivity index (χ1n) is 4.30. The normalized spacial score (nSPS) is 9.50. The van der Waals surface area contributed by atoms with E-state index >= 15 is 0 Å². The third kappa shape index (κ3) is 2.60. The van der Waals surface area contributed by atoms with Crippen LogP contribution in [0.2, 0.25) is 0 Å². The summed E-state index contributed by atoms with van der Waals surface area (Å²) in [6.07, 6.45) is 2.55. The molecule has 0 aliphatic heterocycles. The lowest BCUT2D eigenvalue weighted by molar-refractivity contribution is 0.0956. The second-order valence-corrected chi connectivity index (χ2v) is 3.57. The van der Waals surface area contributed by atoms with Gasteiger partial charge in [0.2, 0.25) is 0 Å². The average Bonchev–Trinajstić information content (AvgIpc) is 2.65. The number of methoxy groups -OCH3 is 1. The van der Waals surface area contributed by atoms with E-state index in [0.717, 1.165) is 6.42 Å². The molecule has 0 fully saturated rings. The van der Waals surface area contributed by atoms with E-state index in [2.05, 4.69) is 11.9 Å². The summed E-state index contributed by atoms with van der Waals surface area (Å²) >= 11 is 1.38. The molecule has 0 bridgehead atoms. The molecular weight excluding hydrogens is 198 g/mol. The minimum Gasteiger partial charge on any atom is -0.495 e. The first-order valence-corrected chi connectivity index (χ1v) is 5.18. The fraction of sp³-hybridized carbons (Fsp3) is 0.300. The highest BCUT2D eigenvalue weighted by Gasteiger charge is 2.12. The molecule has 1 N–H and O–H groups in total. The van der Waals surface area contributed by atoms with Gasteiger partial charge in [0.25, 0.3) is 5.91 Å². The van der Waals surface area contributed by atoms with Crippen LogP contribution in [-0.4, -0.2) is 19.6 Å². The number of ether oxygens (including phenoxy) is 1. The number of hydrogen-bond donors (Lipinski definition) is 1. The molecule has 0 aliphatic rings. The average molecular weight is 211 g/mol. The van der Waals surface area contributed by atoms with E-state index in [1.165, 1.54) is 11.3 Å². The first-order chi connectivity index (χ1) is 6.79. The van der Waals surface area contributed by atoms with Gasteiger partial charge in [-0.25, -0.2) is 0 Å². The summed E-state index contributed by atoms with van der Waals surface area (Å²) in [6, 6.07) is 1.78. The van der Waals surface area contributed by atoms with Gasteiger partial charge < -0.3 is 10.1 Å². The van der Waals surface area contributed by atoms with Gasteiger partial charge in [-0.2, -0.15) is 0 Å². The Bertz CT molecular complexity index is 320. The Morgan fingerprint density at radius 2 is 2.57 bits per heavy atom. The molecule has 76 valence electrons. The SMILES string of the molecule is C=CCCNC(=O)c1sccc1OC. The number of carbonyl (C=O) groups is 1. The summed E-state index contributed by atoms with van der Waals surface area (Å²) < 4.78 is 5.04. The predicted molar refractivity (Wildman–Crippen MR) is 58.0 cm³/mol. The van der Waals surface area contributed by atoms with Crippen molar-refractivity contribution >= 4 is 17.2 Å². The minimum atomic E-state index is -0.0845. The maximum absolute atomic E-state index is 11.5. The standard InChI is InChI=1S/C10H13NO2S/c1-3-4-6-11-10(12)9-8(13-2)5-7-14-9/h3,5,7H,1,4,6H2,2H3,(H,11,12). The Morgan fingerprint density at radius 3 is 3.21 bits per heavy atom. The highest BCUT2D eigenvalue weighted by molar-refractivity contribution is 7.12. The first kappa shape index (κ1) is 10.8. The van der Waals surface area contributed by atoms with Crippen molar-refractivity contribution < 1.29 is 9.53 Å². The smallest absolute Gasteiger partial charge is 0.265 e. The number of rotatable bonds is 5. The molecule has 1 aromatic rings. The van der Waals surface area contributed by atoms with Gasteiger partial charge in [-0.3, -0.25) is 4.79 Å². The van der Waals surface area contributed by atoms with Crippen molar-refractivity contribution in [1.82, 2.24) is 5.32 Å². The lowest BCUT2D eigenvalue weighted by Crippen LogP contribution is -2.23. The van der Waals surface area contributed by atoms with Gasteiger partial charge in [-0.1, -0.05) is 6.08 Å². The summed E-state index contributed by atoms with van der Waals surface area (Å²) in [5.41, 5.74) is 0. The van der Waals surface area contributed by atoms with Crippen LogP contribution in [0.1, 0.15) is 16.1 Å². The van der Waals surface area contributed by atoms with Gasteiger partial charge in [-0.05, 0) is 17.9 Å².